The van der Waals surface area contributed by atoms with Gasteiger partial charge in [-0.3, -0.25) is 0 Å². The van der Waals surface area contributed by atoms with Gasteiger partial charge < -0.3 is 9.52 Å². The molecule has 0 saturated carbocycles. The lowest BCUT2D eigenvalue weighted by Crippen LogP contribution is -1.91. The minimum atomic E-state index is -1.09. The topological polar surface area (TPSA) is 74.2 Å². The van der Waals surface area contributed by atoms with Crippen molar-refractivity contribution in [2.24, 2.45) is 0 Å². The number of carbonyl (C=O) groups is 1. The molecule has 0 radical (unpaired) electrons. The van der Waals surface area contributed by atoms with Gasteiger partial charge in [-0.25, -0.2) is 4.79 Å². The highest BCUT2D eigenvalue weighted by Gasteiger charge is 2.09. The van der Waals surface area contributed by atoms with Gasteiger partial charge in [-0.05, 0) is 29.8 Å². The largest absolute Gasteiger partial charge is 0.475 e. The Balaban J connectivity index is 2.50. The Hall–Kier alpha value is -2.54. The van der Waals surface area contributed by atoms with Crippen LogP contribution in [0.1, 0.15) is 16.1 Å². The van der Waals surface area contributed by atoms with E-state index in [0.717, 1.165) is 5.56 Å². The maximum atomic E-state index is 10.7. The number of furan rings is 1. The van der Waals surface area contributed by atoms with Crippen LogP contribution in [0.2, 0.25) is 0 Å². The van der Waals surface area contributed by atoms with Crippen molar-refractivity contribution in [2.45, 2.75) is 0 Å². The Morgan fingerprint density at radius 1 is 1.44 bits per heavy atom. The van der Waals surface area contributed by atoms with Crippen LogP contribution in [0.3, 0.4) is 0 Å². The van der Waals surface area contributed by atoms with Crippen LogP contribution >= 0.6 is 0 Å². The molecule has 16 heavy (non-hydrogen) atoms. The quantitative estimate of drug-likeness (QED) is 0.778. The van der Waals surface area contributed by atoms with Crippen molar-refractivity contribution in [3.63, 3.8) is 0 Å². The second-order valence-electron chi connectivity index (χ2n) is 3.18. The number of nitriles is 1. The minimum Gasteiger partial charge on any atom is -0.475 e. The van der Waals surface area contributed by atoms with Crippen molar-refractivity contribution < 1.29 is 14.3 Å². The zero-order chi connectivity index (χ0) is 11.5. The van der Waals surface area contributed by atoms with Crippen LogP contribution in [0.25, 0.3) is 17.0 Å². The first kappa shape index (κ1) is 9.99. The van der Waals surface area contributed by atoms with Gasteiger partial charge in [0.05, 0.1) is 6.07 Å². The van der Waals surface area contributed by atoms with Crippen LogP contribution < -0.4 is 0 Å². The summed E-state index contributed by atoms with van der Waals surface area (Å²) in [5.74, 6) is -1.18. The molecule has 1 N–H and O–H groups in total. The Labute approximate surface area is 91.0 Å². The van der Waals surface area contributed by atoms with E-state index in [1.807, 2.05) is 6.07 Å². The van der Waals surface area contributed by atoms with Crippen molar-refractivity contribution in [2.75, 3.05) is 0 Å². The first-order valence-electron chi connectivity index (χ1n) is 4.54. The average molecular weight is 213 g/mol. The molecule has 78 valence electrons. The fourth-order valence-corrected chi connectivity index (χ4v) is 1.40. The van der Waals surface area contributed by atoms with Crippen LogP contribution in [0, 0.1) is 11.3 Å². The van der Waals surface area contributed by atoms with Gasteiger partial charge in [-0.2, -0.15) is 5.26 Å². The Morgan fingerprint density at radius 3 is 2.94 bits per heavy atom. The maximum absolute atomic E-state index is 10.7. The van der Waals surface area contributed by atoms with E-state index in [4.69, 9.17) is 14.8 Å². The summed E-state index contributed by atoms with van der Waals surface area (Å²) in [6, 6.07) is 8.55. The molecule has 0 aliphatic rings. The summed E-state index contributed by atoms with van der Waals surface area (Å²) in [6.45, 7) is 0. The van der Waals surface area contributed by atoms with Crippen LogP contribution in [0.5, 0.6) is 0 Å². The fraction of sp³-hybridized carbons (Fsp3) is 0. The molecule has 4 heteroatoms. The molecular weight excluding hydrogens is 206 g/mol. The van der Waals surface area contributed by atoms with E-state index in [1.54, 1.807) is 24.3 Å². The second kappa shape index (κ2) is 3.91. The number of aromatic carboxylic acids is 1. The Bertz CT molecular complexity index is 617. The van der Waals surface area contributed by atoms with Gasteiger partial charge in [-0.15, -0.1) is 0 Å². The van der Waals surface area contributed by atoms with Gasteiger partial charge in [0, 0.05) is 11.5 Å². The van der Waals surface area contributed by atoms with E-state index >= 15 is 0 Å². The number of carboxylic acids is 1. The lowest BCUT2D eigenvalue weighted by Gasteiger charge is -1.91. The molecule has 0 fully saturated rings. The first-order chi connectivity index (χ1) is 7.70. The normalized spacial score (nSPS) is 10.7. The van der Waals surface area contributed by atoms with Gasteiger partial charge in [-0.1, -0.05) is 6.07 Å². The van der Waals surface area contributed by atoms with Crippen LogP contribution in [0.15, 0.2) is 34.8 Å². The second-order valence-corrected chi connectivity index (χ2v) is 3.18. The highest BCUT2D eigenvalue weighted by atomic mass is 16.4. The molecule has 0 saturated heterocycles. The number of fused-ring (bicyclic) bond motifs is 1. The molecule has 1 aromatic heterocycles. The highest BCUT2D eigenvalue weighted by molar-refractivity contribution is 5.92. The van der Waals surface area contributed by atoms with Gasteiger partial charge in [0.1, 0.15) is 5.58 Å². The predicted molar refractivity (Wildman–Crippen MR) is 57.8 cm³/mol. The Morgan fingerprint density at radius 2 is 2.25 bits per heavy atom. The molecule has 4 nitrogen and oxygen atoms in total. The van der Waals surface area contributed by atoms with Crippen molar-refractivity contribution in [3.05, 3.63) is 41.7 Å². The zero-order valence-electron chi connectivity index (χ0n) is 8.18. The summed E-state index contributed by atoms with van der Waals surface area (Å²) in [5.41, 5.74) is 1.35. The van der Waals surface area contributed by atoms with Gasteiger partial charge in [0.2, 0.25) is 5.76 Å². The summed E-state index contributed by atoms with van der Waals surface area (Å²) >= 11 is 0. The van der Waals surface area contributed by atoms with E-state index in [1.165, 1.54) is 12.1 Å². The SMILES string of the molecule is N#CC=Cc1ccc2oc(C(=O)O)cc2c1. The van der Waals surface area contributed by atoms with Crippen LogP contribution in [-0.4, -0.2) is 11.1 Å². The van der Waals surface area contributed by atoms with Crippen molar-refractivity contribution in [3.8, 4) is 6.07 Å². The third-order valence-electron chi connectivity index (χ3n) is 2.10. The van der Waals surface area contributed by atoms with Gasteiger partial charge in [0.15, 0.2) is 0 Å². The molecule has 0 aliphatic carbocycles. The van der Waals surface area contributed by atoms with Gasteiger partial charge >= 0.3 is 5.97 Å². The molecule has 0 amide bonds. The summed E-state index contributed by atoms with van der Waals surface area (Å²) in [5, 5.41) is 17.8. The van der Waals surface area contributed by atoms with E-state index < -0.39 is 5.97 Å². The first-order valence-corrected chi connectivity index (χ1v) is 4.54. The number of benzene rings is 1. The monoisotopic (exact) mass is 213 g/mol. The number of rotatable bonds is 2. The molecular formula is C12H7NO3. The molecule has 0 spiro atoms. The van der Waals surface area contributed by atoms with Crippen molar-refractivity contribution in [1.29, 1.82) is 5.26 Å². The molecule has 1 heterocycles. The summed E-state index contributed by atoms with van der Waals surface area (Å²) in [4.78, 5) is 10.7. The van der Waals surface area contributed by atoms with E-state index in [0.29, 0.717) is 11.0 Å². The van der Waals surface area contributed by atoms with Gasteiger partial charge in [0.25, 0.3) is 0 Å². The molecule has 0 atom stereocenters. The standard InChI is InChI=1S/C12H7NO3/c13-5-1-2-8-3-4-10-9(6-8)7-11(16-10)12(14)15/h1-4,6-7H,(H,14,15). The zero-order valence-corrected chi connectivity index (χ0v) is 8.18. The van der Waals surface area contributed by atoms with Crippen LogP contribution in [-0.2, 0) is 0 Å². The summed E-state index contributed by atoms with van der Waals surface area (Å²) in [6.07, 6.45) is 3.01. The summed E-state index contributed by atoms with van der Waals surface area (Å²) in [7, 11) is 0. The molecule has 1 aromatic carbocycles. The minimum absolute atomic E-state index is 0.0867. The van der Waals surface area contributed by atoms with E-state index in [-0.39, 0.29) is 5.76 Å². The third-order valence-corrected chi connectivity index (χ3v) is 2.10. The maximum Gasteiger partial charge on any atom is 0.371 e. The van der Waals surface area contributed by atoms with Crippen molar-refractivity contribution >= 4 is 23.0 Å². The lowest BCUT2D eigenvalue weighted by atomic mass is 10.1. The molecule has 2 aromatic rings. The Kier molecular flexibility index (Phi) is 2.44. The molecule has 0 bridgehead atoms. The molecule has 2 rings (SSSR count). The molecule has 0 unspecified atom stereocenters. The number of carboxylic acid groups (broad SMARTS) is 1. The fourth-order valence-electron chi connectivity index (χ4n) is 1.40. The van der Waals surface area contributed by atoms with E-state index in [2.05, 4.69) is 0 Å². The smallest absolute Gasteiger partial charge is 0.371 e. The third kappa shape index (κ3) is 1.79. The number of hydrogen-bond acceptors (Lipinski definition) is 3. The van der Waals surface area contributed by atoms with Crippen LogP contribution in [0.4, 0.5) is 0 Å². The number of hydrogen-bond donors (Lipinski definition) is 1. The summed E-state index contributed by atoms with van der Waals surface area (Å²) < 4.78 is 5.10. The average Bonchev–Trinajstić information content (AvgIpc) is 2.69. The van der Waals surface area contributed by atoms with E-state index in [9.17, 15) is 4.79 Å². The molecule has 0 aliphatic heterocycles. The highest BCUT2D eigenvalue weighted by Crippen LogP contribution is 2.21. The number of allylic oxidation sites excluding steroid dienone is 1. The number of nitrogens with zero attached hydrogens (tertiary/aromatic N) is 1. The van der Waals surface area contributed by atoms with Crippen molar-refractivity contribution in [1.82, 2.24) is 0 Å². The lowest BCUT2D eigenvalue weighted by molar-refractivity contribution is 0.0665. The predicted octanol–water partition coefficient (Wildman–Crippen LogP) is 2.67.